The summed E-state index contributed by atoms with van der Waals surface area (Å²) < 4.78 is 28.6. The van der Waals surface area contributed by atoms with Gasteiger partial charge >= 0.3 is 0 Å². The maximum atomic E-state index is 14.5. The molecule has 5 rings (SSSR count). The number of aryl methyl sites for hydroxylation is 1. The fraction of sp³-hybridized carbons (Fsp3) is 0.417. The first-order valence-electron chi connectivity index (χ1n) is 11.0. The van der Waals surface area contributed by atoms with Gasteiger partial charge in [-0.05, 0) is 49.6 Å². The van der Waals surface area contributed by atoms with Crippen molar-refractivity contribution in [3.05, 3.63) is 53.1 Å². The van der Waals surface area contributed by atoms with E-state index in [0.717, 1.165) is 24.9 Å². The molecule has 3 aliphatic heterocycles. The summed E-state index contributed by atoms with van der Waals surface area (Å²) in [6, 6.07) is 7.30. The lowest BCUT2D eigenvalue weighted by Gasteiger charge is -2.27. The minimum absolute atomic E-state index is 0.0725. The maximum Gasteiger partial charge on any atom is 0.247 e. The Morgan fingerprint density at radius 2 is 1.88 bits per heavy atom. The molecule has 32 heavy (non-hydrogen) atoms. The van der Waals surface area contributed by atoms with Crippen LogP contribution in [0, 0.1) is 18.6 Å². The van der Waals surface area contributed by atoms with Crippen molar-refractivity contribution in [1.29, 1.82) is 0 Å². The predicted octanol–water partition coefficient (Wildman–Crippen LogP) is 3.45. The molecule has 2 saturated heterocycles. The van der Waals surface area contributed by atoms with Crippen LogP contribution < -0.4 is 15.5 Å². The van der Waals surface area contributed by atoms with Gasteiger partial charge in [-0.1, -0.05) is 6.07 Å². The molecule has 3 atom stereocenters. The third kappa shape index (κ3) is 3.47. The van der Waals surface area contributed by atoms with Gasteiger partial charge in [0.25, 0.3) is 0 Å². The number of carbonyl (C=O) groups is 2. The Balaban J connectivity index is 1.32. The van der Waals surface area contributed by atoms with Crippen molar-refractivity contribution in [3.8, 4) is 0 Å². The highest BCUT2D eigenvalue weighted by Crippen LogP contribution is 2.37. The van der Waals surface area contributed by atoms with Gasteiger partial charge < -0.3 is 20.4 Å². The van der Waals surface area contributed by atoms with E-state index >= 15 is 0 Å². The molecule has 0 aromatic heterocycles. The maximum absolute atomic E-state index is 14.5. The highest BCUT2D eigenvalue weighted by Gasteiger charge is 2.43. The lowest BCUT2D eigenvalue weighted by molar-refractivity contribution is -0.129. The van der Waals surface area contributed by atoms with Gasteiger partial charge in [0.15, 0.2) is 0 Å². The molecule has 2 N–H and O–H groups in total. The quantitative estimate of drug-likeness (QED) is 0.768. The number of benzene rings is 2. The number of nitrogens with one attached hydrogen (secondary N) is 2. The summed E-state index contributed by atoms with van der Waals surface area (Å²) in [6.45, 7) is 4.89. The molecule has 168 valence electrons. The number of hydrogen-bond acceptors (Lipinski definition) is 4. The van der Waals surface area contributed by atoms with Crippen LogP contribution in [0.2, 0.25) is 0 Å². The summed E-state index contributed by atoms with van der Waals surface area (Å²) in [7, 11) is 0. The highest BCUT2D eigenvalue weighted by atomic mass is 19.1. The SMILES string of the molecule is CC(=O)N1CC[C@@H]2[C@@H]1CCN2c1cc(F)cc(NC(=O)C2Cc3c(F)ccc(C)c3N2)c1. The molecule has 2 aromatic rings. The van der Waals surface area contributed by atoms with Crippen molar-refractivity contribution in [3.63, 3.8) is 0 Å². The second-order valence-electron chi connectivity index (χ2n) is 8.92. The monoisotopic (exact) mass is 440 g/mol. The average Bonchev–Trinajstić information content (AvgIpc) is 3.44. The van der Waals surface area contributed by atoms with Crippen LogP contribution in [0.5, 0.6) is 0 Å². The normalized spacial score (nSPS) is 23.7. The first-order chi connectivity index (χ1) is 15.3. The van der Waals surface area contributed by atoms with Crippen LogP contribution >= 0.6 is 0 Å². The number of hydrogen-bond donors (Lipinski definition) is 2. The number of carbonyl (C=O) groups excluding carboxylic acids is 2. The summed E-state index contributed by atoms with van der Waals surface area (Å²) in [5, 5.41) is 5.89. The van der Waals surface area contributed by atoms with Crippen molar-refractivity contribution < 1.29 is 18.4 Å². The van der Waals surface area contributed by atoms with Crippen molar-refractivity contribution in [2.45, 2.75) is 51.2 Å². The van der Waals surface area contributed by atoms with Crippen molar-refractivity contribution in [1.82, 2.24) is 4.90 Å². The van der Waals surface area contributed by atoms with Gasteiger partial charge in [0.05, 0.1) is 12.1 Å². The molecule has 0 spiro atoms. The van der Waals surface area contributed by atoms with Crippen LogP contribution in [0.3, 0.4) is 0 Å². The Hall–Kier alpha value is -3.16. The van der Waals surface area contributed by atoms with Crippen molar-refractivity contribution in [2.75, 3.05) is 28.6 Å². The predicted molar refractivity (Wildman–Crippen MR) is 119 cm³/mol. The van der Waals surface area contributed by atoms with E-state index in [1.54, 1.807) is 19.1 Å². The Morgan fingerprint density at radius 3 is 2.62 bits per heavy atom. The minimum Gasteiger partial charge on any atom is -0.373 e. The second-order valence-corrected chi connectivity index (χ2v) is 8.92. The van der Waals surface area contributed by atoms with E-state index in [4.69, 9.17) is 0 Å². The highest BCUT2D eigenvalue weighted by molar-refractivity contribution is 5.98. The number of rotatable bonds is 3. The standard InChI is InChI=1S/C24H26F2N4O2/c1-13-3-4-19(26)18-12-20(28-23(13)18)24(32)27-16-9-15(25)10-17(11-16)30-8-6-21-22(30)5-7-29(21)14(2)31/h3-4,9-11,20-22,28H,5-8,12H2,1-2H3,(H,27,32)/t20?,21-,22+/m0/s1. The molecule has 2 aromatic carbocycles. The number of amides is 2. The molecule has 0 bridgehead atoms. The van der Waals surface area contributed by atoms with Crippen molar-refractivity contribution in [2.24, 2.45) is 0 Å². The zero-order valence-corrected chi connectivity index (χ0v) is 18.1. The Bertz CT molecular complexity index is 1070. The Morgan fingerprint density at radius 1 is 1.09 bits per heavy atom. The Labute approximate surface area is 185 Å². The molecule has 3 heterocycles. The van der Waals surface area contributed by atoms with Gasteiger partial charge in [-0.3, -0.25) is 9.59 Å². The molecule has 8 heteroatoms. The van der Waals surface area contributed by atoms with Gasteiger partial charge in [-0.2, -0.15) is 0 Å². The molecule has 1 unspecified atom stereocenters. The molecular weight excluding hydrogens is 414 g/mol. The van der Waals surface area contributed by atoms with E-state index in [0.29, 0.717) is 29.2 Å². The molecular formula is C24H26F2N4O2. The number of fused-ring (bicyclic) bond motifs is 2. The van der Waals surface area contributed by atoms with Crippen LogP contribution in [0.1, 0.15) is 30.9 Å². The van der Waals surface area contributed by atoms with Gasteiger partial charge in [-0.15, -0.1) is 0 Å². The molecule has 3 aliphatic rings. The van der Waals surface area contributed by atoms with E-state index in [2.05, 4.69) is 15.5 Å². The fourth-order valence-corrected chi connectivity index (χ4v) is 5.47. The zero-order valence-electron chi connectivity index (χ0n) is 18.1. The van der Waals surface area contributed by atoms with Crippen LogP contribution in [-0.2, 0) is 16.0 Å². The minimum atomic E-state index is -0.623. The fourth-order valence-electron chi connectivity index (χ4n) is 5.47. The molecule has 2 fully saturated rings. The number of nitrogens with zero attached hydrogens (tertiary/aromatic N) is 2. The summed E-state index contributed by atoms with van der Waals surface area (Å²) in [5.74, 6) is -1.03. The van der Waals surface area contributed by atoms with Gasteiger partial charge in [0.1, 0.15) is 17.7 Å². The van der Waals surface area contributed by atoms with E-state index in [-0.39, 0.29) is 36.1 Å². The number of anilines is 3. The second kappa shape index (κ2) is 7.76. The smallest absolute Gasteiger partial charge is 0.247 e. The van der Waals surface area contributed by atoms with Crippen molar-refractivity contribution >= 4 is 28.9 Å². The van der Waals surface area contributed by atoms with Crippen LogP contribution in [-0.4, -0.2) is 47.9 Å². The molecule has 2 amide bonds. The summed E-state index contributed by atoms with van der Waals surface area (Å²) in [5.41, 5.74) is 3.10. The van der Waals surface area contributed by atoms with E-state index in [1.807, 2.05) is 11.8 Å². The third-order valence-corrected chi connectivity index (χ3v) is 6.97. The summed E-state index contributed by atoms with van der Waals surface area (Å²) in [6.07, 6.45) is 1.93. The first kappa shape index (κ1) is 20.7. The lowest BCUT2D eigenvalue weighted by Crippen LogP contribution is -2.38. The van der Waals surface area contributed by atoms with Crippen LogP contribution in [0.25, 0.3) is 0 Å². The molecule has 6 nitrogen and oxygen atoms in total. The first-order valence-corrected chi connectivity index (χ1v) is 11.0. The van der Waals surface area contributed by atoms with Crippen LogP contribution in [0.4, 0.5) is 25.8 Å². The lowest BCUT2D eigenvalue weighted by atomic mass is 10.1. The third-order valence-electron chi connectivity index (χ3n) is 6.97. The topological polar surface area (TPSA) is 64.7 Å². The number of likely N-dealkylation sites (tertiary alicyclic amines) is 1. The molecule has 0 saturated carbocycles. The van der Waals surface area contributed by atoms with Gasteiger partial charge in [0, 0.05) is 49.1 Å². The van der Waals surface area contributed by atoms with Gasteiger partial charge in [0.2, 0.25) is 11.8 Å². The molecule has 0 aliphatic carbocycles. The van der Waals surface area contributed by atoms with E-state index in [1.165, 1.54) is 18.2 Å². The summed E-state index contributed by atoms with van der Waals surface area (Å²) in [4.78, 5) is 28.8. The average molecular weight is 440 g/mol. The van der Waals surface area contributed by atoms with E-state index < -0.39 is 11.9 Å². The zero-order chi connectivity index (χ0) is 22.6. The van der Waals surface area contributed by atoms with Crippen LogP contribution in [0.15, 0.2) is 30.3 Å². The largest absolute Gasteiger partial charge is 0.373 e. The molecule has 0 radical (unpaired) electrons. The van der Waals surface area contributed by atoms with Gasteiger partial charge in [-0.25, -0.2) is 8.78 Å². The summed E-state index contributed by atoms with van der Waals surface area (Å²) >= 11 is 0. The number of halogens is 2. The van der Waals surface area contributed by atoms with E-state index in [9.17, 15) is 18.4 Å². The Kier molecular flexibility index (Phi) is 5.03.